The highest BCUT2D eigenvalue weighted by Gasteiger charge is 2.48. The second-order valence-electron chi connectivity index (χ2n) is 7.41. The summed E-state index contributed by atoms with van der Waals surface area (Å²) in [6, 6.07) is 8.06. The average molecular weight is 349 g/mol. The Labute approximate surface area is 148 Å². The molecule has 1 amide bonds. The van der Waals surface area contributed by atoms with Crippen molar-refractivity contribution in [1.82, 2.24) is 19.8 Å². The van der Waals surface area contributed by atoms with E-state index in [4.69, 9.17) is 0 Å². The minimum Gasteiger partial charge on any atom is -0.345 e. The van der Waals surface area contributed by atoms with Gasteiger partial charge in [-0.2, -0.15) is 0 Å². The molecular weight excluding hydrogens is 324 g/mol. The predicted octanol–water partition coefficient (Wildman–Crippen LogP) is 2.60. The fourth-order valence-electron chi connectivity index (χ4n) is 4.43. The van der Waals surface area contributed by atoms with Gasteiger partial charge in [0.1, 0.15) is 0 Å². The van der Waals surface area contributed by atoms with Crippen LogP contribution in [0.25, 0.3) is 11.0 Å². The van der Waals surface area contributed by atoms with Crippen LogP contribution in [0.4, 0.5) is 0 Å². The third kappa shape index (κ3) is 2.50. The van der Waals surface area contributed by atoms with E-state index in [-0.39, 0.29) is 29.9 Å². The van der Waals surface area contributed by atoms with Crippen LogP contribution in [-0.4, -0.2) is 45.0 Å². The highest BCUT2D eigenvalue weighted by molar-refractivity contribution is 5.95. The van der Waals surface area contributed by atoms with E-state index in [0.29, 0.717) is 11.7 Å². The minimum absolute atomic E-state index is 0. The number of carbonyl (C=O) groups is 1. The van der Waals surface area contributed by atoms with E-state index in [9.17, 15) is 4.79 Å². The number of halogens is 1. The molecule has 0 radical (unpaired) electrons. The molecule has 0 spiro atoms. The number of aryl methyl sites for hydroxylation is 1. The molecule has 1 aromatic heterocycles. The number of piperidine rings is 3. The van der Waals surface area contributed by atoms with Crippen LogP contribution in [0.2, 0.25) is 0 Å². The van der Waals surface area contributed by atoms with Gasteiger partial charge in [0.15, 0.2) is 5.82 Å². The van der Waals surface area contributed by atoms with Crippen molar-refractivity contribution in [3.05, 3.63) is 30.1 Å². The molecule has 3 fully saturated rings. The Balaban J connectivity index is 0.00000169. The smallest absolute Gasteiger partial charge is 0.287 e. The number of hydrogen-bond donors (Lipinski definition) is 1. The highest BCUT2D eigenvalue weighted by atomic mass is 35.5. The van der Waals surface area contributed by atoms with Crippen molar-refractivity contribution >= 4 is 29.3 Å². The standard InChI is InChI=1S/C18H24N4O.ClH/c1-18(2)15(12-8-10-22(18)11-9-12)20-17(23)16-19-13-6-4-5-7-14(13)21(16)3;/h4-7,12,15H,8-11H2,1-3H3,(H,20,23);1H/t15-;/m1./s1. The lowest BCUT2D eigenvalue weighted by Crippen LogP contribution is -2.69. The Morgan fingerprint density at radius 2 is 1.92 bits per heavy atom. The first-order chi connectivity index (χ1) is 11.0. The van der Waals surface area contributed by atoms with Crippen molar-refractivity contribution in [2.45, 2.75) is 38.3 Å². The van der Waals surface area contributed by atoms with Crippen LogP contribution in [0.1, 0.15) is 37.3 Å². The fourth-order valence-corrected chi connectivity index (χ4v) is 4.43. The molecule has 3 saturated heterocycles. The summed E-state index contributed by atoms with van der Waals surface area (Å²) in [5.41, 5.74) is 1.88. The van der Waals surface area contributed by atoms with Crippen molar-refractivity contribution in [1.29, 1.82) is 0 Å². The Hall–Kier alpha value is -1.59. The lowest BCUT2D eigenvalue weighted by Gasteiger charge is -2.56. The number of imidazole rings is 1. The average Bonchev–Trinajstić information content (AvgIpc) is 2.89. The number of benzene rings is 1. The van der Waals surface area contributed by atoms with Gasteiger partial charge in [-0.25, -0.2) is 4.98 Å². The molecule has 0 saturated carbocycles. The predicted molar refractivity (Wildman–Crippen MR) is 97.6 cm³/mol. The van der Waals surface area contributed by atoms with Crippen LogP contribution in [0, 0.1) is 5.92 Å². The molecule has 0 unspecified atom stereocenters. The Morgan fingerprint density at radius 1 is 1.25 bits per heavy atom. The molecule has 1 aromatic carbocycles. The van der Waals surface area contributed by atoms with Gasteiger partial charge in [0, 0.05) is 18.6 Å². The van der Waals surface area contributed by atoms with Crippen molar-refractivity contribution in [3.63, 3.8) is 0 Å². The van der Waals surface area contributed by atoms with Gasteiger partial charge in [0.2, 0.25) is 0 Å². The molecule has 5 rings (SSSR count). The second-order valence-corrected chi connectivity index (χ2v) is 7.41. The molecule has 3 aliphatic heterocycles. The van der Waals surface area contributed by atoms with E-state index in [1.165, 1.54) is 12.8 Å². The number of amides is 1. The van der Waals surface area contributed by atoms with Crippen molar-refractivity contribution in [2.75, 3.05) is 13.1 Å². The van der Waals surface area contributed by atoms with Crippen molar-refractivity contribution in [2.24, 2.45) is 13.0 Å². The monoisotopic (exact) mass is 348 g/mol. The Kier molecular flexibility index (Phi) is 4.34. The molecule has 130 valence electrons. The summed E-state index contributed by atoms with van der Waals surface area (Å²) in [5.74, 6) is 1.02. The Morgan fingerprint density at radius 3 is 2.54 bits per heavy atom. The molecule has 2 aromatic rings. The van der Waals surface area contributed by atoms with Gasteiger partial charge in [-0.15, -0.1) is 12.4 Å². The van der Waals surface area contributed by atoms with Crippen LogP contribution < -0.4 is 5.32 Å². The molecule has 2 bridgehead atoms. The maximum Gasteiger partial charge on any atom is 0.287 e. The minimum atomic E-state index is -0.0597. The van der Waals surface area contributed by atoms with Crippen LogP contribution >= 0.6 is 12.4 Å². The van der Waals surface area contributed by atoms with Crippen LogP contribution in [-0.2, 0) is 7.05 Å². The molecule has 5 nitrogen and oxygen atoms in total. The van der Waals surface area contributed by atoms with Crippen LogP contribution in [0.3, 0.4) is 0 Å². The molecule has 3 aliphatic rings. The normalized spacial score (nSPS) is 27.7. The quantitative estimate of drug-likeness (QED) is 0.907. The topological polar surface area (TPSA) is 50.2 Å². The van der Waals surface area contributed by atoms with Gasteiger partial charge in [0.05, 0.1) is 11.0 Å². The van der Waals surface area contributed by atoms with Crippen molar-refractivity contribution < 1.29 is 4.79 Å². The zero-order valence-corrected chi connectivity index (χ0v) is 15.3. The summed E-state index contributed by atoms with van der Waals surface area (Å²) in [6.07, 6.45) is 2.35. The molecule has 4 heterocycles. The third-order valence-electron chi connectivity index (χ3n) is 5.86. The van der Waals surface area contributed by atoms with Crippen LogP contribution in [0.5, 0.6) is 0 Å². The number of aromatic nitrogens is 2. The van der Waals surface area contributed by atoms with Gasteiger partial charge in [-0.05, 0) is 57.8 Å². The second kappa shape index (κ2) is 6.05. The van der Waals surface area contributed by atoms with E-state index < -0.39 is 0 Å². The van der Waals surface area contributed by atoms with Crippen molar-refractivity contribution in [3.8, 4) is 0 Å². The number of hydrogen-bond acceptors (Lipinski definition) is 3. The fraction of sp³-hybridized carbons (Fsp3) is 0.556. The molecule has 0 aliphatic carbocycles. The van der Waals surface area contributed by atoms with E-state index in [1.54, 1.807) is 0 Å². The molecule has 24 heavy (non-hydrogen) atoms. The lowest BCUT2D eigenvalue weighted by molar-refractivity contribution is -0.0379. The first kappa shape index (κ1) is 17.2. The first-order valence-electron chi connectivity index (χ1n) is 8.46. The van der Waals surface area contributed by atoms with E-state index >= 15 is 0 Å². The van der Waals surface area contributed by atoms with E-state index in [0.717, 1.165) is 24.1 Å². The Bertz CT molecular complexity index is 761. The van der Waals surface area contributed by atoms with Crippen LogP contribution in [0.15, 0.2) is 24.3 Å². The number of nitrogens with one attached hydrogen (secondary N) is 1. The van der Waals surface area contributed by atoms with E-state index in [1.807, 2.05) is 35.9 Å². The highest BCUT2D eigenvalue weighted by Crippen LogP contribution is 2.39. The largest absolute Gasteiger partial charge is 0.345 e. The molecular formula is C18H25ClN4O. The maximum absolute atomic E-state index is 12.9. The van der Waals surface area contributed by atoms with E-state index in [2.05, 4.69) is 29.0 Å². The zero-order valence-electron chi connectivity index (χ0n) is 14.5. The zero-order chi connectivity index (χ0) is 16.2. The van der Waals surface area contributed by atoms with Gasteiger partial charge in [-0.1, -0.05) is 12.1 Å². The number of para-hydroxylation sites is 2. The summed E-state index contributed by atoms with van der Waals surface area (Å²) in [4.78, 5) is 19.9. The first-order valence-corrected chi connectivity index (χ1v) is 8.46. The number of nitrogens with zero attached hydrogens (tertiary/aromatic N) is 3. The number of rotatable bonds is 2. The summed E-state index contributed by atoms with van der Waals surface area (Å²) >= 11 is 0. The maximum atomic E-state index is 12.9. The summed E-state index contributed by atoms with van der Waals surface area (Å²) in [7, 11) is 1.91. The molecule has 1 atom stereocenters. The van der Waals surface area contributed by atoms with Gasteiger partial charge in [-0.3, -0.25) is 9.69 Å². The van der Waals surface area contributed by atoms with Gasteiger partial charge >= 0.3 is 0 Å². The van der Waals surface area contributed by atoms with Gasteiger partial charge < -0.3 is 9.88 Å². The molecule has 6 heteroatoms. The SMILES string of the molecule is Cl.Cn1c(C(=O)N[C@@H]2C3CCN(CC3)C2(C)C)nc2ccccc21. The lowest BCUT2D eigenvalue weighted by atomic mass is 9.72. The summed E-state index contributed by atoms with van der Waals surface area (Å²) < 4.78 is 1.89. The van der Waals surface area contributed by atoms with Gasteiger partial charge in [0.25, 0.3) is 5.91 Å². The number of fused-ring (bicyclic) bond motifs is 4. The molecule has 1 N–H and O–H groups in total. The summed E-state index contributed by atoms with van der Waals surface area (Å²) in [6.45, 7) is 6.79. The third-order valence-corrected chi connectivity index (χ3v) is 5.86. The number of carbonyl (C=O) groups excluding carboxylic acids is 1. The summed E-state index contributed by atoms with van der Waals surface area (Å²) in [5, 5.41) is 3.29.